The molecule has 1 heterocycles. The molecule has 0 amide bonds. The zero-order valence-electron chi connectivity index (χ0n) is 8.76. The van der Waals surface area contributed by atoms with Crippen LogP contribution in [0.5, 0.6) is 0 Å². The third kappa shape index (κ3) is 2.67. The van der Waals surface area contributed by atoms with Gasteiger partial charge in [-0.25, -0.2) is 0 Å². The third-order valence-electron chi connectivity index (χ3n) is 2.96. The number of aliphatic hydroxyl groups excluding tert-OH is 3. The van der Waals surface area contributed by atoms with E-state index in [1.165, 1.54) is 0 Å². The average Bonchev–Trinajstić information content (AvgIpc) is 2.20. The van der Waals surface area contributed by atoms with E-state index >= 15 is 0 Å². The van der Waals surface area contributed by atoms with Crippen LogP contribution in [-0.4, -0.2) is 58.2 Å². The summed E-state index contributed by atoms with van der Waals surface area (Å²) in [6, 6.07) is -0.287. The van der Waals surface area contributed by atoms with Crippen molar-refractivity contribution in [2.24, 2.45) is 0 Å². The Morgan fingerprint density at radius 3 is 2.64 bits per heavy atom. The minimum Gasteiger partial charge on any atom is -0.395 e. The first-order valence-corrected chi connectivity index (χ1v) is 5.41. The molecular formula is C10H21NO3. The van der Waals surface area contributed by atoms with Crippen molar-refractivity contribution >= 4 is 0 Å². The lowest BCUT2D eigenvalue weighted by Gasteiger charge is -2.40. The van der Waals surface area contributed by atoms with Gasteiger partial charge < -0.3 is 15.3 Å². The maximum atomic E-state index is 9.66. The number of unbranched alkanes of at least 4 members (excludes halogenated alkanes) is 1. The van der Waals surface area contributed by atoms with Gasteiger partial charge >= 0.3 is 0 Å². The van der Waals surface area contributed by atoms with Gasteiger partial charge in [0, 0.05) is 6.54 Å². The van der Waals surface area contributed by atoms with Crippen LogP contribution in [0.2, 0.25) is 0 Å². The van der Waals surface area contributed by atoms with Gasteiger partial charge in [0.25, 0.3) is 0 Å². The summed E-state index contributed by atoms with van der Waals surface area (Å²) in [5.41, 5.74) is 0. The number of piperidine rings is 1. The Labute approximate surface area is 85.2 Å². The van der Waals surface area contributed by atoms with E-state index in [0.29, 0.717) is 6.42 Å². The summed E-state index contributed by atoms with van der Waals surface area (Å²) in [6.07, 6.45) is 1.30. The normalized spacial score (nSPS) is 34.7. The molecule has 1 aliphatic rings. The highest BCUT2D eigenvalue weighted by atomic mass is 16.3. The first-order chi connectivity index (χ1) is 6.70. The molecule has 0 aromatic carbocycles. The molecular weight excluding hydrogens is 182 g/mol. The fraction of sp³-hybridized carbons (Fsp3) is 1.00. The van der Waals surface area contributed by atoms with Crippen molar-refractivity contribution in [3.63, 3.8) is 0 Å². The molecule has 14 heavy (non-hydrogen) atoms. The van der Waals surface area contributed by atoms with Gasteiger partial charge in [-0.15, -0.1) is 0 Å². The van der Waals surface area contributed by atoms with Crippen molar-refractivity contribution in [2.45, 2.75) is 44.4 Å². The van der Waals surface area contributed by atoms with Gasteiger partial charge in [0.05, 0.1) is 24.9 Å². The maximum absolute atomic E-state index is 9.66. The number of nitrogens with zero attached hydrogens (tertiary/aromatic N) is 1. The van der Waals surface area contributed by atoms with E-state index in [4.69, 9.17) is 5.11 Å². The molecule has 3 atom stereocenters. The molecule has 0 aromatic rings. The lowest BCUT2D eigenvalue weighted by molar-refractivity contribution is -0.0895. The molecule has 1 fully saturated rings. The second-order valence-corrected chi connectivity index (χ2v) is 3.99. The third-order valence-corrected chi connectivity index (χ3v) is 2.96. The van der Waals surface area contributed by atoms with E-state index in [9.17, 15) is 10.2 Å². The molecule has 0 saturated carbocycles. The second kappa shape index (κ2) is 5.66. The molecule has 1 saturated heterocycles. The minimum absolute atomic E-state index is 0.0814. The molecule has 4 heteroatoms. The van der Waals surface area contributed by atoms with Crippen molar-refractivity contribution < 1.29 is 15.3 Å². The molecule has 84 valence electrons. The number of hydrogen-bond acceptors (Lipinski definition) is 4. The van der Waals surface area contributed by atoms with E-state index in [2.05, 4.69) is 11.8 Å². The van der Waals surface area contributed by atoms with Gasteiger partial charge in [-0.1, -0.05) is 13.3 Å². The van der Waals surface area contributed by atoms with Crippen molar-refractivity contribution in [1.82, 2.24) is 4.90 Å². The fourth-order valence-corrected chi connectivity index (χ4v) is 1.97. The standard InChI is InChI=1S/C10H21NO3/c1-2-3-5-11-6-4-9(13)10(14)8(11)7-12/h8-10,12-14H,2-7H2,1H3. The van der Waals surface area contributed by atoms with Crippen LogP contribution in [0.3, 0.4) is 0 Å². The van der Waals surface area contributed by atoms with Crippen LogP contribution >= 0.6 is 0 Å². The Bertz CT molecular complexity index is 163. The highest BCUT2D eigenvalue weighted by Crippen LogP contribution is 2.18. The van der Waals surface area contributed by atoms with E-state index in [-0.39, 0.29) is 12.6 Å². The monoisotopic (exact) mass is 203 g/mol. The summed E-state index contributed by atoms with van der Waals surface area (Å²) in [5.74, 6) is 0. The first-order valence-electron chi connectivity index (χ1n) is 5.41. The largest absolute Gasteiger partial charge is 0.395 e. The molecule has 3 unspecified atom stereocenters. The van der Waals surface area contributed by atoms with Crippen LogP contribution in [0.1, 0.15) is 26.2 Å². The Morgan fingerprint density at radius 1 is 1.36 bits per heavy atom. The summed E-state index contributed by atoms with van der Waals surface area (Å²) in [6.45, 7) is 3.69. The fourth-order valence-electron chi connectivity index (χ4n) is 1.97. The Balaban J connectivity index is 2.48. The molecule has 1 rings (SSSR count). The lowest BCUT2D eigenvalue weighted by Crippen LogP contribution is -2.56. The lowest BCUT2D eigenvalue weighted by atomic mass is 9.96. The second-order valence-electron chi connectivity index (χ2n) is 3.99. The van der Waals surface area contributed by atoms with E-state index in [1.54, 1.807) is 0 Å². The number of likely N-dealkylation sites (tertiary alicyclic amines) is 1. The minimum atomic E-state index is -0.800. The molecule has 3 N–H and O–H groups in total. The van der Waals surface area contributed by atoms with Gasteiger partial charge in [0.15, 0.2) is 0 Å². The predicted octanol–water partition coefficient (Wildman–Crippen LogP) is -0.425. The van der Waals surface area contributed by atoms with Crippen molar-refractivity contribution in [3.8, 4) is 0 Å². The van der Waals surface area contributed by atoms with E-state index < -0.39 is 12.2 Å². The highest BCUT2D eigenvalue weighted by Gasteiger charge is 2.34. The van der Waals surface area contributed by atoms with E-state index in [0.717, 1.165) is 25.9 Å². The quantitative estimate of drug-likeness (QED) is 0.580. The van der Waals surface area contributed by atoms with Crippen molar-refractivity contribution in [3.05, 3.63) is 0 Å². The molecule has 0 spiro atoms. The summed E-state index contributed by atoms with van der Waals surface area (Å²) in [7, 11) is 0. The molecule has 4 nitrogen and oxygen atoms in total. The van der Waals surface area contributed by atoms with Gasteiger partial charge in [0.2, 0.25) is 0 Å². The first kappa shape index (κ1) is 11.9. The smallest absolute Gasteiger partial charge is 0.0976 e. The van der Waals surface area contributed by atoms with Gasteiger partial charge in [-0.2, -0.15) is 0 Å². The topological polar surface area (TPSA) is 63.9 Å². The number of rotatable bonds is 4. The van der Waals surface area contributed by atoms with Crippen LogP contribution in [0.4, 0.5) is 0 Å². The molecule has 0 aliphatic carbocycles. The zero-order valence-corrected chi connectivity index (χ0v) is 8.76. The number of hydrogen-bond donors (Lipinski definition) is 3. The van der Waals surface area contributed by atoms with Gasteiger partial charge in [-0.05, 0) is 19.4 Å². The summed E-state index contributed by atoms with van der Waals surface area (Å²) >= 11 is 0. The van der Waals surface area contributed by atoms with Crippen LogP contribution in [0.15, 0.2) is 0 Å². The SMILES string of the molecule is CCCCN1CCC(O)C(O)C1CO. The van der Waals surface area contributed by atoms with Crippen molar-refractivity contribution in [2.75, 3.05) is 19.7 Å². The highest BCUT2D eigenvalue weighted by molar-refractivity contribution is 4.88. The Hall–Kier alpha value is -0.160. The van der Waals surface area contributed by atoms with Crippen molar-refractivity contribution in [1.29, 1.82) is 0 Å². The Kier molecular flexibility index (Phi) is 4.81. The molecule has 0 aromatic heterocycles. The van der Waals surface area contributed by atoms with Gasteiger partial charge in [-0.3, -0.25) is 4.90 Å². The van der Waals surface area contributed by atoms with Crippen LogP contribution in [0.25, 0.3) is 0 Å². The average molecular weight is 203 g/mol. The van der Waals surface area contributed by atoms with Crippen LogP contribution < -0.4 is 0 Å². The van der Waals surface area contributed by atoms with E-state index in [1.807, 2.05) is 0 Å². The predicted molar refractivity (Wildman–Crippen MR) is 54.0 cm³/mol. The maximum Gasteiger partial charge on any atom is 0.0976 e. The molecule has 0 bridgehead atoms. The number of aliphatic hydroxyl groups is 3. The van der Waals surface area contributed by atoms with Gasteiger partial charge in [0.1, 0.15) is 0 Å². The zero-order chi connectivity index (χ0) is 10.6. The summed E-state index contributed by atoms with van der Waals surface area (Å²) < 4.78 is 0. The summed E-state index contributed by atoms with van der Waals surface area (Å²) in [5, 5.41) is 28.2. The summed E-state index contributed by atoms with van der Waals surface area (Å²) in [4.78, 5) is 2.07. The van der Waals surface area contributed by atoms with Crippen LogP contribution in [0, 0.1) is 0 Å². The van der Waals surface area contributed by atoms with Crippen LogP contribution in [-0.2, 0) is 0 Å². The molecule has 1 aliphatic heterocycles. The molecule has 0 radical (unpaired) electrons. The Morgan fingerprint density at radius 2 is 2.07 bits per heavy atom.